The molecule has 2 N–H and O–H groups in total. The third-order valence-electron chi connectivity index (χ3n) is 1.70. The zero-order valence-corrected chi connectivity index (χ0v) is 10.7. The Morgan fingerprint density at radius 2 is 2.27 bits per heavy atom. The minimum Gasteiger partial charge on any atom is -0.389 e. The van der Waals surface area contributed by atoms with Gasteiger partial charge in [0.05, 0.1) is 17.2 Å². The summed E-state index contributed by atoms with van der Waals surface area (Å²) in [4.78, 5) is 7.76. The number of hydrogen-bond donors (Lipinski definition) is 1. The van der Waals surface area contributed by atoms with Crippen LogP contribution in [0.1, 0.15) is 15.6 Å². The van der Waals surface area contributed by atoms with Crippen LogP contribution in [0.2, 0.25) is 0 Å². The Morgan fingerprint density at radius 3 is 2.73 bits per heavy atom. The van der Waals surface area contributed by atoms with Crippen molar-refractivity contribution in [1.29, 1.82) is 0 Å². The molecule has 0 atom stereocenters. The summed E-state index contributed by atoms with van der Waals surface area (Å²) in [6.07, 6.45) is 0. The Kier molecular flexibility index (Phi) is 4.59. The second-order valence-electron chi connectivity index (χ2n) is 3.42. The Hall–Kier alpha value is -0.560. The molecule has 1 aromatic rings. The van der Waals surface area contributed by atoms with Crippen molar-refractivity contribution < 1.29 is 4.74 Å². The lowest BCUT2D eigenvalue weighted by atomic mass is 10.4. The number of thiazole rings is 1. The summed E-state index contributed by atoms with van der Waals surface area (Å²) < 4.78 is 5.05. The number of nitrogens with two attached hydrogens (primary N) is 1. The Morgan fingerprint density at radius 1 is 1.60 bits per heavy atom. The van der Waals surface area contributed by atoms with E-state index in [0.29, 0.717) is 11.6 Å². The second kappa shape index (κ2) is 5.50. The molecular weight excluding hydrogens is 230 g/mol. The molecule has 15 heavy (non-hydrogen) atoms. The number of ether oxygens (including phenoxy) is 1. The van der Waals surface area contributed by atoms with Crippen molar-refractivity contribution in [1.82, 2.24) is 9.88 Å². The standard InChI is InChI=1S/C9H15N3OS2/c1-12(2)4-7-11-6(5-13-3)8(15-7)9(10)14/h4-5H2,1-3H3,(H2,10,14). The van der Waals surface area contributed by atoms with E-state index in [0.717, 1.165) is 22.1 Å². The van der Waals surface area contributed by atoms with Crippen molar-refractivity contribution in [2.75, 3.05) is 21.2 Å². The highest BCUT2D eigenvalue weighted by atomic mass is 32.1. The molecule has 0 aromatic carbocycles. The van der Waals surface area contributed by atoms with Crippen LogP contribution >= 0.6 is 23.6 Å². The first kappa shape index (κ1) is 12.5. The van der Waals surface area contributed by atoms with Crippen molar-refractivity contribution in [3.8, 4) is 0 Å². The lowest BCUT2D eigenvalue weighted by molar-refractivity contribution is 0.181. The van der Waals surface area contributed by atoms with E-state index < -0.39 is 0 Å². The van der Waals surface area contributed by atoms with Crippen molar-refractivity contribution in [2.45, 2.75) is 13.2 Å². The zero-order chi connectivity index (χ0) is 11.4. The quantitative estimate of drug-likeness (QED) is 0.784. The second-order valence-corrected chi connectivity index (χ2v) is 4.94. The topological polar surface area (TPSA) is 51.4 Å². The van der Waals surface area contributed by atoms with Gasteiger partial charge in [-0.05, 0) is 14.1 Å². The number of rotatable bonds is 5. The monoisotopic (exact) mass is 245 g/mol. The summed E-state index contributed by atoms with van der Waals surface area (Å²) in [6.45, 7) is 1.25. The number of methoxy groups -OCH3 is 1. The highest BCUT2D eigenvalue weighted by Gasteiger charge is 2.13. The highest BCUT2D eigenvalue weighted by Crippen LogP contribution is 2.20. The number of thiocarbonyl (C=S) groups is 1. The first-order valence-electron chi connectivity index (χ1n) is 4.46. The summed E-state index contributed by atoms with van der Waals surface area (Å²) in [6, 6.07) is 0. The van der Waals surface area contributed by atoms with Crippen molar-refractivity contribution >= 4 is 28.5 Å². The average Bonchev–Trinajstić information content (AvgIpc) is 2.47. The van der Waals surface area contributed by atoms with Gasteiger partial charge in [-0.1, -0.05) is 12.2 Å². The Balaban J connectivity index is 2.93. The third-order valence-corrected chi connectivity index (χ3v) is 3.15. The van der Waals surface area contributed by atoms with Crippen LogP contribution in [-0.2, 0) is 17.9 Å². The fourth-order valence-corrected chi connectivity index (χ4v) is 2.45. The molecule has 0 fully saturated rings. The maximum Gasteiger partial charge on any atom is 0.116 e. The van der Waals surface area contributed by atoms with E-state index in [1.165, 1.54) is 11.3 Å². The molecule has 0 unspecified atom stereocenters. The van der Waals surface area contributed by atoms with Gasteiger partial charge in [-0.15, -0.1) is 11.3 Å². The molecule has 0 spiro atoms. The third kappa shape index (κ3) is 3.49. The summed E-state index contributed by atoms with van der Waals surface area (Å²) in [5.74, 6) is 0. The van der Waals surface area contributed by atoms with E-state index in [4.69, 9.17) is 22.7 Å². The Labute approximate surface area is 99.1 Å². The van der Waals surface area contributed by atoms with E-state index >= 15 is 0 Å². The maximum absolute atomic E-state index is 5.62. The lowest BCUT2D eigenvalue weighted by Gasteiger charge is -2.04. The molecule has 1 aromatic heterocycles. The zero-order valence-electron chi connectivity index (χ0n) is 9.11. The largest absolute Gasteiger partial charge is 0.389 e. The van der Waals surface area contributed by atoms with Crippen LogP contribution in [0.4, 0.5) is 0 Å². The van der Waals surface area contributed by atoms with Gasteiger partial charge in [0.15, 0.2) is 0 Å². The number of hydrogen-bond acceptors (Lipinski definition) is 5. The minimum atomic E-state index is 0.393. The van der Waals surface area contributed by atoms with Gasteiger partial charge in [-0.2, -0.15) is 0 Å². The first-order valence-corrected chi connectivity index (χ1v) is 5.69. The fraction of sp³-hybridized carbons (Fsp3) is 0.556. The van der Waals surface area contributed by atoms with Gasteiger partial charge in [-0.25, -0.2) is 4.98 Å². The van der Waals surface area contributed by atoms with Crippen molar-refractivity contribution in [3.63, 3.8) is 0 Å². The van der Waals surface area contributed by atoms with Crippen LogP contribution in [0, 0.1) is 0 Å². The minimum absolute atomic E-state index is 0.393. The molecule has 0 aliphatic heterocycles. The van der Waals surface area contributed by atoms with Gasteiger partial charge in [-0.3, -0.25) is 0 Å². The van der Waals surface area contributed by atoms with Crippen LogP contribution in [-0.4, -0.2) is 36.1 Å². The van der Waals surface area contributed by atoms with Gasteiger partial charge in [0.25, 0.3) is 0 Å². The molecule has 0 radical (unpaired) electrons. The molecule has 1 rings (SSSR count). The molecule has 0 saturated carbocycles. The van der Waals surface area contributed by atoms with Crippen LogP contribution in [0.3, 0.4) is 0 Å². The van der Waals surface area contributed by atoms with Gasteiger partial charge in [0.1, 0.15) is 10.00 Å². The normalized spacial score (nSPS) is 10.9. The molecule has 6 heteroatoms. The maximum atomic E-state index is 5.62. The highest BCUT2D eigenvalue weighted by molar-refractivity contribution is 7.81. The average molecular weight is 245 g/mol. The molecule has 1 heterocycles. The summed E-state index contributed by atoms with van der Waals surface area (Å²) in [7, 11) is 5.63. The Bertz CT molecular complexity index is 349. The number of nitrogens with zero attached hydrogens (tertiary/aromatic N) is 2. The molecule has 0 saturated heterocycles. The molecular formula is C9H15N3OS2. The first-order chi connectivity index (χ1) is 7.04. The molecule has 0 aliphatic rings. The van der Waals surface area contributed by atoms with E-state index in [1.807, 2.05) is 14.1 Å². The number of aromatic nitrogens is 1. The van der Waals surface area contributed by atoms with E-state index in [1.54, 1.807) is 7.11 Å². The lowest BCUT2D eigenvalue weighted by Crippen LogP contribution is -2.10. The smallest absolute Gasteiger partial charge is 0.116 e. The van der Waals surface area contributed by atoms with E-state index in [-0.39, 0.29) is 0 Å². The van der Waals surface area contributed by atoms with E-state index in [9.17, 15) is 0 Å². The van der Waals surface area contributed by atoms with Gasteiger partial charge >= 0.3 is 0 Å². The van der Waals surface area contributed by atoms with Crippen molar-refractivity contribution in [2.24, 2.45) is 5.73 Å². The van der Waals surface area contributed by atoms with Crippen LogP contribution in [0.15, 0.2) is 0 Å². The SMILES string of the molecule is COCc1nc(CN(C)C)sc1C(N)=S. The molecule has 0 aliphatic carbocycles. The van der Waals surface area contributed by atoms with Gasteiger partial charge in [0, 0.05) is 13.7 Å². The molecule has 84 valence electrons. The summed E-state index contributed by atoms with van der Waals surface area (Å²) in [5.41, 5.74) is 6.46. The summed E-state index contributed by atoms with van der Waals surface area (Å²) in [5, 5.41) is 1.01. The van der Waals surface area contributed by atoms with Gasteiger partial charge in [0.2, 0.25) is 0 Å². The molecule has 4 nitrogen and oxygen atoms in total. The van der Waals surface area contributed by atoms with Crippen molar-refractivity contribution in [3.05, 3.63) is 15.6 Å². The predicted molar refractivity (Wildman–Crippen MR) is 66.1 cm³/mol. The fourth-order valence-electron chi connectivity index (χ4n) is 1.17. The van der Waals surface area contributed by atoms with Crippen LogP contribution < -0.4 is 5.73 Å². The summed E-state index contributed by atoms with van der Waals surface area (Å²) >= 11 is 6.51. The van der Waals surface area contributed by atoms with E-state index in [2.05, 4.69) is 9.88 Å². The predicted octanol–water partition coefficient (Wildman–Crippen LogP) is 0.985. The van der Waals surface area contributed by atoms with Crippen LogP contribution in [0.25, 0.3) is 0 Å². The molecule has 0 amide bonds. The van der Waals surface area contributed by atoms with Gasteiger partial charge < -0.3 is 15.4 Å². The van der Waals surface area contributed by atoms with Crippen LogP contribution in [0.5, 0.6) is 0 Å². The molecule has 0 bridgehead atoms.